The SMILES string of the molecule is Cc1ccc(N(C)c2nc(NN)ncc2[N+](=O)[O-])cc1. The number of hydrogen-bond acceptors (Lipinski definition) is 7. The number of nitrogens with one attached hydrogen (secondary N) is 1. The highest BCUT2D eigenvalue weighted by atomic mass is 16.6. The minimum atomic E-state index is -0.527. The second-order valence-electron chi connectivity index (χ2n) is 4.20. The first-order chi connectivity index (χ1) is 9.52. The molecule has 20 heavy (non-hydrogen) atoms. The highest BCUT2D eigenvalue weighted by molar-refractivity contribution is 5.68. The van der Waals surface area contributed by atoms with Gasteiger partial charge in [0.05, 0.1) is 4.92 Å². The van der Waals surface area contributed by atoms with Crippen molar-refractivity contribution in [3.63, 3.8) is 0 Å². The maximum Gasteiger partial charge on any atom is 0.330 e. The van der Waals surface area contributed by atoms with Crippen LogP contribution < -0.4 is 16.2 Å². The average Bonchev–Trinajstić information content (AvgIpc) is 2.46. The second-order valence-corrected chi connectivity index (χ2v) is 4.20. The molecule has 3 N–H and O–H groups in total. The molecule has 0 saturated heterocycles. The lowest BCUT2D eigenvalue weighted by Gasteiger charge is -2.18. The molecule has 8 nitrogen and oxygen atoms in total. The van der Waals surface area contributed by atoms with E-state index >= 15 is 0 Å². The van der Waals surface area contributed by atoms with Crippen LogP contribution in [0.2, 0.25) is 0 Å². The van der Waals surface area contributed by atoms with Crippen LogP contribution in [0, 0.1) is 17.0 Å². The van der Waals surface area contributed by atoms with E-state index < -0.39 is 4.92 Å². The smallest absolute Gasteiger partial charge is 0.324 e. The molecular weight excluding hydrogens is 260 g/mol. The van der Waals surface area contributed by atoms with E-state index in [1.54, 1.807) is 11.9 Å². The van der Waals surface area contributed by atoms with Gasteiger partial charge in [0.15, 0.2) is 0 Å². The molecule has 0 aliphatic heterocycles. The molecule has 0 aliphatic rings. The maximum absolute atomic E-state index is 11.1. The Labute approximate surface area is 115 Å². The molecule has 0 spiro atoms. The van der Waals surface area contributed by atoms with Gasteiger partial charge in [-0.2, -0.15) is 4.98 Å². The summed E-state index contributed by atoms with van der Waals surface area (Å²) in [6.45, 7) is 1.97. The minimum Gasteiger partial charge on any atom is -0.324 e. The molecule has 0 unspecified atom stereocenters. The Morgan fingerprint density at radius 3 is 2.55 bits per heavy atom. The third-order valence-electron chi connectivity index (χ3n) is 2.81. The van der Waals surface area contributed by atoms with Crippen LogP contribution in [0.25, 0.3) is 0 Å². The van der Waals surface area contributed by atoms with Gasteiger partial charge in [0.2, 0.25) is 11.8 Å². The third-order valence-corrected chi connectivity index (χ3v) is 2.81. The number of nitrogens with zero attached hydrogens (tertiary/aromatic N) is 4. The van der Waals surface area contributed by atoms with Crippen molar-refractivity contribution in [2.24, 2.45) is 5.84 Å². The fourth-order valence-electron chi connectivity index (χ4n) is 1.70. The summed E-state index contributed by atoms with van der Waals surface area (Å²) in [5.41, 5.74) is 3.97. The van der Waals surface area contributed by atoms with Crippen molar-refractivity contribution in [2.45, 2.75) is 6.92 Å². The number of nitrogen functional groups attached to an aromatic ring is 1. The van der Waals surface area contributed by atoms with E-state index in [1.165, 1.54) is 0 Å². The molecule has 0 amide bonds. The molecule has 1 heterocycles. The number of nitro groups is 1. The van der Waals surface area contributed by atoms with Crippen LogP contribution in [-0.4, -0.2) is 21.9 Å². The number of nitrogens with two attached hydrogens (primary N) is 1. The summed E-state index contributed by atoms with van der Waals surface area (Å²) in [5.74, 6) is 5.52. The quantitative estimate of drug-likeness (QED) is 0.496. The van der Waals surface area contributed by atoms with Crippen molar-refractivity contribution < 1.29 is 4.92 Å². The molecule has 0 bridgehead atoms. The van der Waals surface area contributed by atoms with Gasteiger partial charge in [-0.1, -0.05) is 17.7 Å². The molecule has 0 atom stereocenters. The lowest BCUT2D eigenvalue weighted by atomic mass is 10.2. The van der Waals surface area contributed by atoms with E-state index in [0.29, 0.717) is 0 Å². The van der Waals surface area contributed by atoms with Gasteiger partial charge in [0, 0.05) is 12.7 Å². The first-order valence-electron chi connectivity index (χ1n) is 5.81. The van der Waals surface area contributed by atoms with Crippen molar-refractivity contribution in [1.82, 2.24) is 9.97 Å². The van der Waals surface area contributed by atoms with E-state index in [9.17, 15) is 10.1 Å². The van der Waals surface area contributed by atoms with Crippen LogP contribution >= 0.6 is 0 Å². The van der Waals surface area contributed by atoms with E-state index in [-0.39, 0.29) is 17.5 Å². The van der Waals surface area contributed by atoms with E-state index in [2.05, 4.69) is 15.4 Å². The molecule has 0 aliphatic carbocycles. The predicted octanol–water partition coefficient (Wildman–Crippen LogP) is 1.75. The summed E-state index contributed by atoms with van der Waals surface area (Å²) in [5, 5.41) is 11.1. The normalized spacial score (nSPS) is 10.2. The summed E-state index contributed by atoms with van der Waals surface area (Å²) in [6.07, 6.45) is 1.13. The summed E-state index contributed by atoms with van der Waals surface area (Å²) in [6, 6.07) is 7.55. The zero-order valence-electron chi connectivity index (χ0n) is 11.1. The number of rotatable bonds is 4. The number of benzene rings is 1. The fourth-order valence-corrected chi connectivity index (χ4v) is 1.70. The van der Waals surface area contributed by atoms with Crippen LogP contribution in [0.5, 0.6) is 0 Å². The Bertz CT molecular complexity index is 628. The highest BCUT2D eigenvalue weighted by Gasteiger charge is 2.21. The molecule has 1 aromatic heterocycles. The standard InChI is InChI=1S/C12H14N6O2/c1-8-3-5-9(6-4-8)17(2)11-10(18(19)20)7-14-12(15-11)16-13/h3-7H,13H2,1-2H3,(H,14,15,16). The third kappa shape index (κ3) is 2.64. The maximum atomic E-state index is 11.1. The first kappa shape index (κ1) is 13.7. The molecule has 8 heteroatoms. The zero-order chi connectivity index (χ0) is 14.7. The Hall–Kier alpha value is -2.74. The second kappa shape index (κ2) is 5.49. The van der Waals surface area contributed by atoms with Gasteiger partial charge in [0.25, 0.3) is 0 Å². The molecule has 0 fully saturated rings. The van der Waals surface area contributed by atoms with Gasteiger partial charge < -0.3 is 4.90 Å². The predicted molar refractivity (Wildman–Crippen MR) is 75.7 cm³/mol. The van der Waals surface area contributed by atoms with Crippen molar-refractivity contribution in [1.29, 1.82) is 0 Å². The van der Waals surface area contributed by atoms with E-state index in [0.717, 1.165) is 17.4 Å². The Kier molecular flexibility index (Phi) is 3.76. The van der Waals surface area contributed by atoms with Crippen molar-refractivity contribution >= 4 is 23.1 Å². The Morgan fingerprint density at radius 2 is 2.00 bits per heavy atom. The number of anilines is 3. The fraction of sp³-hybridized carbons (Fsp3) is 0.167. The highest BCUT2D eigenvalue weighted by Crippen LogP contribution is 2.30. The minimum absolute atomic E-state index is 0.115. The van der Waals surface area contributed by atoms with Crippen LogP contribution in [0.15, 0.2) is 30.5 Å². The Balaban J connectivity index is 2.48. The zero-order valence-corrected chi connectivity index (χ0v) is 11.1. The monoisotopic (exact) mass is 274 g/mol. The molecule has 104 valence electrons. The van der Waals surface area contributed by atoms with Crippen molar-refractivity contribution in [3.8, 4) is 0 Å². The molecule has 1 aromatic carbocycles. The number of hydrogen-bond donors (Lipinski definition) is 2. The molecule has 0 saturated carbocycles. The summed E-state index contributed by atoms with van der Waals surface area (Å²) in [4.78, 5) is 19.9. The number of aryl methyl sites for hydroxylation is 1. The Morgan fingerprint density at radius 1 is 1.35 bits per heavy atom. The van der Waals surface area contributed by atoms with Gasteiger partial charge in [-0.05, 0) is 19.1 Å². The van der Waals surface area contributed by atoms with Crippen molar-refractivity contribution in [3.05, 3.63) is 46.1 Å². The summed E-state index contributed by atoms with van der Waals surface area (Å²) < 4.78 is 0. The molecule has 2 rings (SSSR count). The largest absolute Gasteiger partial charge is 0.330 e. The van der Waals surface area contributed by atoms with Crippen LogP contribution in [0.3, 0.4) is 0 Å². The molecular formula is C12H14N6O2. The number of hydrazine groups is 1. The van der Waals surface area contributed by atoms with Crippen LogP contribution in [0.1, 0.15) is 5.56 Å². The van der Waals surface area contributed by atoms with Gasteiger partial charge >= 0.3 is 5.69 Å². The summed E-state index contributed by atoms with van der Waals surface area (Å²) in [7, 11) is 1.69. The van der Waals surface area contributed by atoms with Gasteiger partial charge in [0.1, 0.15) is 6.20 Å². The number of aromatic nitrogens is 2. The van der Waals surface area contributed by atoms with Crippen LogP contribution in [-0.2, 0) is 0 Å². The van der Waals surface area contributed by atoms with Crippen molar-refractivity contribution in [2.75, 3.05) is 17.4 Å². The van der Waals surface area contributed by atoms with E-state index in [4.69, 9.17) is 5.84 Å². The topological polar surface area (TPSA) is 110 Å². The van der Waals surface area contributed by atoms with Crippen LogP contribution in [0.4, 0.5) is 23.1 Å². The summed E-state index contributed by atoms with van der Waals surface area (Å²) >= 11 is 0. The molecule has 0 radical (unpaired) electrons. The van der Waals surface area contributed by atoms with Gasteiger partial charge in [-0.3, -0.25) is 15.5 Å². The first-order valence-corrected chi connectivity index (χ1v) is 5.81. The lowest BCUT2D eigenvalue weighted by Crippen LogP contribution is -2.17. The van der Waals surface area contributed by atoms with E-state index in [1.807, 2.05) is 31.2 Å². The average molecular weight is 274 g/mol. The molecule has 2 aromatic rings. The lowest BCUT2D eigenvalue weighted by molar-refractivity contribution is -0.384. The van der Waals surface area contributed by atoms with Gasteiger partial charge in [-0.25, -0.2) is 10.8 Å². The van der Waals surface area contributed by atoms with Gasteiger partial charge in [-0.15, -0.1) is 0 Å².